The molecule has 160 valence electrons. The van der Waals surface area contributed by atoms with Crippen molar-refractivity contribution in [2.24, 2.45) is 5.92 Å². The number of esters is 1. The Bertz CT molecular complexity index is 719. The van der Waals surface area contributed by atoms with Crippen LogP contribution in [0.2, 0.25) is 0 Å². The molecule has 1 unspecified atom stereocenters. The zero-order valence-corrected chi connectivity index (χ0v) is 18.3. The van der Waals surface area contributed by atoms with E-state index in [0.29, 0.717) is 0 Å². The normalized spacial score (nSPS) is 28.9. The number of piperazine rings is 1. The molecule has 5 nitrogen and oxygen atoms in total. The van der Waals surface area contributed by atoms with Crippen LogP contribution in [-0.4, -0.2) is 68.8 Å². The number of aryl methyl sites for hydroxylation is 1. The van der Waals surface area contributed by atoms with Gasteiger partial charge in [-0.15, -0.1) is 0 Å². The highest BCUT2D eigenvalue weighted by Gasteiger charge is 2.43. The Morgan fingerprint density at radius 1 is 1.17 bits per heavy atom. The molecule has 1 spiro atoms. The Labute approximate surface area is 175 Å². The summed E-state index contributed by atoms with van der Waals surface area (Å²) in [5.41, 5.74) is 3.19. The van der Waals surface area contributed by atoms with Crippen molar-refractivity contribution in [1.29, 1.82) is 0 Å². The molecule has 5 heteroatoms. The van der Waals surface area contributed by atoms with Crippen LogP contribution in [0.1, 0.15) is 50.2 Å². The number of methoxy groups -OCH3 is 1. The number of fused-ring (bicyclic) bond motifs is 2. The molecule has 1 saturated carbocycles. The van der Waals surface area contributed by atoms with Gasteiger partial charge in [-0.05, 0) is 81.2 Å². The minimum atomic E-state index is -0.0344. The van der Waals surface area contributed by atoms with Crippen molar-refractivity contribution in [3.05, 3.63) is 29.3 Å². The van der Waals surface area contributed by atoms with Gasteiger partial charge < -0.3 is 14.4 Å². The largest absolute Gasteiger partial charge is 0.489 e. The lowest BCUT2D eigenvalue weighted by atomic mass is 9.67. The molecule has 1 saturated heterocycles. The van der Waals surface area contributed by atoms with E-state index >= 15 is 0 Å². The van der Waals surface area contributed by atoms with Crippen molar-refractivity contribution in [3.63, 3.8) is 0 Å². The van der Waals surface area contributed by atoms with E-state index in [1.807, 2.05) is 0 Å². The summed E-state index contributed by atoms with van der Waals surface area (Å²) in [4.78, 5) is 16.8. The first kappa shape index (κ1) is 20.7. The molecule has 1 aromatic rings. The molecule has 3 aliphatic rings. The number of ether oxygens (including phenoxy) is 2. The highest BCUT2D eigenvalue weighted by Crippen LogP contribution is 2.50. The Morgan fingerprint density at radius 2 is 1.90 bits per heavy atom. The van der Waals surface area contributed by atoms with Crippen LogP contribution >= 0.6 is 0 Å². The molecule has 1 atom stereocenters. The Kier molecular flexibility index (Phi) is 6.16. The van der Waals surface area contributed by atoms with Crippen molar-refractivity contribution < 1.29 is 14.3 Å². The average molecular weight is 401 g/mol. The van der Waals surface area contributed by atoms with Crippen LogP contribution < -0.4 is 4.74 Å². The molecule has 0 amide bonds. The highest BCUT2D eigenvalue weighted by atomic mass is 16.5. The summed E-state index contributed by atoms with van der Waals surface area (Å²) in [6.45, 7) is 7.69. The second-order valence-corrected chi connectivity index (χ2v) is 9.43. The Hall–Kier alpha value is -1.59. The fourth-order valence-electron chi connectivity index (χ4n) is 5.60. The van der Waals surface area contributed by atoms with E-state index in [9.17, 15) is 4.79 Å². The first-order valence-corrected chi connectivity index (χ1v) is 11.3. The maximum atomic E-state index is 11.9. The lowest BCUT2D eigenvalue weighted by Crippen LogP contribution is -2.47. The van der Waals surface area contributed by atoms with E-state index in [1.54, 1.807) is 0 Å². The van der Waals surface area contributed by atoms with Crippen LogP contribution in [-0.2, 0) is 21.4 Å². The van der Waals surface area contributed by atoms with Crippen LogP contribution in [0.4, 0.5) is 0 Å². The first-order valence-electron chi connectivity index (χ1n) is 11.3. The van der Waals surface area contributed by atoms with Crippen molar-refractivity contribution in [2.75, 3.05) is 46.9 Å². The molecule has 1 heterocycles. The molecule has 4 rings (SSSR count). The van der Waals surface area contributed by atoms with Gasteiger partial charge >= 0.3 is 5.97 Å². The molecule has 1 aromatic carbocycles. The predicted octanol–water partition coefficient (Wildman–Crippen LogP) is 3.25. The summed E-state index contributed by atoms with van der Waals surface area (Å²) in [5.74, 6) is 1.05. The summed E-state index contributed by atoms with van der Waals surface area (Å²) >= 11 is 0. The van der Waals surface area contributed by atoms with Gasteiger partial charge in [-0.3, -0.25) is 9.69 Å². The number of benzene rings is 1. The zero-order valence-electron chi connectivity index (χ0n) is 18.3. The van der Waals surface area contributed by atoms with Gasteiger partial charge in [0, 0.05) is 32.7 Å². The number of nitrogens with zero attached hydrogens (tertiary/aromatic N) is 2. The van der Waals surface area contributed by atoms with Crippen molar-refractivity contribution in [1.82, 2.24) is 9.80 Å². The SMILES string of the molecule is COC(=O)C1CCC2(CCc3ccc(OC(C)CN4CCN(C)CC4)cc32)CC1. The smallest absolute Gasteiger partial charge is 0.308 e. The Balaban J connectivity index is 1.39. The number of hydrogen-bond acceptors (Lipinski definition) is 5. The van der Waals surface area contributed by atoms with Gasteiger partial charge in [-0.25, -0.2) is 0 Å². The van der Waals surface area contributed by atoms with Crippen LogP contribution in [0.3, 0.4) is 0 Å². The molecule has 2 aliphatic carbocycles. The van der Waals surface area contributed by atoms with E-state index in [-0.39, 0.29) is 23.4 Å². The number of carbonyl (C=O) groups is 1. The molecule has 29 heavy (non-hydrogen) atoms. The van der Waals surface area contributed by atoms with Gasteiger partial charge in [0.25, 0.3) is 0 Å². The van der Waals surface area contributed by atoms with E-state index < -0.39 is 0 Å². The molecular formula is C24H36N2O3. The second kappa shape index (κ2) is 8.65. The molecule has 0 aromatic heterocycles. The summed E-state index contributed by atoms with van der Waals surface area (Å²) in [7, 11) is 3.70. The maximum absolute atomic E-state index is 11.9. The topological polar surface area (TPSA) is 42.0 Å². The molecule has 2 fully saturated rings. The third-order valence-corrected chi connectivity index (χ3v) is 7.45. The lowest BCUT2D eigenvalue weighted by molar-refractivity contribution is -0.147. The molecule has 0 radical (unpaired) electrons. The third kappa shape index (κ3) is 4.46. The van der Waals surface area contributed by atoms with Gasteiger partial charge in [-0.1, -0.05) is 6.07 Å². The second-order valence-electron chi connectivity index (χ2n) is 9.43. The lowest BCUT2D eigenvalue weighted by Gasteiger charge is -2.37. The predicted molar refractivity (Wildman–Crippen MR) is 114 cm³/mol. The zero-order chi connectivity index (χ0) is 20.4. The number of likely N-dealkylation sites (N-methyl/N-ethyl adjacent to an activating group) is 1. The van der Waals surface area contributed by atoms with Crippen LogP contribution in [0, 0.1) is 5.92 Å². The van der Waals surface area contributed by atoms with E-state index in [1.165, 1.54) is 24.7 Å². The molecular weight excluding hydrogens is 364 g/mol. The third-order valence-electron chi connectivity index (χ3n) is 7.45. The van der Waals surface area contributed by atoms with E-state index in [0.717, 1.165) is 70.6 Å². The van der Waals surface area contributed by atoms with Gasteiger partial charge in [-0.2, -0.15) is 0 Å². The summed E-state index contributed by atoms with van der Waals surface area (Å²) in [6.07, 6.45) is 6.59. The first-order chi connectivity index (χ1) is 14.0. The van der Waals surface area contributed by atoms with Crippen molar-refractivity contribution in [3.8, 4) is 5.75 Å². The van der Waals surface area contributed by atoms with Gasteiger partial charge in [0.1, 0.15) is 11.9 Å². The van der Waals surface area contributed by atoms with Crippen molar-refractivity contribution in [2.45, 2.75) is 57.0 Å². The monoisotopic (exact) mass is 400 g/mol. The minimum absolute atomic E-state index is 0.0344. The van der Waals surface area contributed by atoms with Crippen LogP contribution in [0.25, 0.3) is 0 Å². The quantitative estimate of drug-likeness (QED) is 0.710. The van der Waals surface area contributed by atoms with E-state index in [4.69, 9.17) is 9.47 Å². The molecule has 1 aliphatic heterocycles. The van der Waals surface area contributed by atoms with Crippen LogP contribution in [0.15, 0.2) is 18.2 Å². The van der Waals surface area contributed by atoms with Gasteiger partial charge in [0.2, 0.25) is 0 Å². The van der Waals surface area contributed by atoms with Crippen molar-refractivity contribution >= 4 is 5.97 Å². The summed E-state index contributed by atoms with van der Waals surface area (Å²) < 4.78 is 11.3. The summed E-state index contributed by atoms with van der Waals surface area (Å²) in [6, 6.07) is 6.73. The maximum Gasteiger partial charge on any atom is 0.308 e. The van der Waals surface area contributed by atoms with E-state index in [2.05, 4.69) is 42.0 Å². The average Bonchev–Trinajstić information content (AvgIpc) is 3.07. The molecule has 0 N–H and O–H groups in total. The van der Waals surface area contributed by atoms with Gasteiger partial charge in [0.05, 0.1) is 13.0 Å². The fourth-order valence-corrected chi connectivity index (χ4v) is 5.60. The van der Waals surface area contributed by atoms with Crippen LogP contribution in [0.5, 0.6) is 5.75 Å². The standard InChI is InChI=1S/C24H36N2O3/c1-18(17-26-14-12-25(2)13-15-26)29-21-5-4-19-6-9-24(22(19)16-21)10-7-20(8-11-24)23(27)28-3/h4-5,16,18,20H,6-15,17H2,1-3H3. The highest BCUT2D eigenvalue weighted by molar-refractivity contribution is 5.72. The fraction of sp³-hybridized carbons (Fsp3) is 0.708. The number of rotatable bonds is 5. The minimum Gasteiger partial charge on any atom is -0.489 e. The van der Waals surface area contributed by atoms with Gasteiger partial charge in [0.15, 0.2) is 0 Å². The number of carbonyl (C=O) groups excluding carboxylic acids is 1. The summed E-state index contributed by atoms with van der Waals surface area (Å²) in [5, 5.41) is 0. The number of hydrogen-bond donors (Lipinski definition) is 0. The Morgan fingerprint density at radius 3 is 2.59 bits per heavy atom. The molecule has 0 bridgehead atoms.